The summed E-state index contributed by atoms with van der Waals surface area (Å²) in [4.78, 5) is 0. The third kappa shape index (κ3) is 8.12. The molecule has 0 saturated heterocycles. The molecule has 0 aromatic rings. The summed E-state index contributed by atoms with van der Waals surface area (Å²) < 4.78 is 11.9. The van der Waals surface area contributed by atoms with Gasteiger partial charge in [0, 0.05) is 0 Å². The third-order valence-electron chi connectivity index (χ3n) is 2.47. The van der Waals surface area contributed by atoms with E-state index in [9.17, 15) is 0 Å². The molecular formula is C14H30O2. The van der Waals surface area contributed by atoms with E-state index in [1.807, 2.05) is 0 Å². The highest BCUT2D eigenvalue weighted by atomic mass is 16.5. The molecule has 0 rings (SSSR count). The van der Waals surface area contributed by atoms with Gasteiger partial charge in [0.15, 0.2) is 0 Å². The van der Waals surface area contributed by atoms with Crippen LogP contribution in [0.1, 0.15) is 68.2 Å². The zero-order chi connectivity index (χ0) is 13.0. The Kier molecular flexibility index (Phi) is 5.48. The first-order valence-electron chi connectivity index (χ1n) is 6.32. The summed E-state index contributed by atoms with van der Waals surface area (Å²) in [5.41, 5.74) is -0.230. The van der Waals surface area contributed by atoms with Gasteiger partial charge in [0.2, 0.25) is 0 Å². The average Bonchev–Trinajstić information content (AvgIpc) is 1.98. The minimum Gasteiger partial charge on any atom is -0.376 e. The first-order chi connectivity index (χ1) is 6.97. The van der Waals surface area contributed by atoms with Crippen LogP contribution in [0.25, 0.3) is 0 Å². The summed E-state index contributed by atoms with van der Waals surface area (Å²) >= 11 is 0. The van der Waals surface area contributed by atoms with Crippen molar-refractivity contribution in [1.29, 1.82) is 0 Å². The highest BCUT2D eigenvalue weighted by molar-refractivity contribution is 4.78. The summed E-state index contributed by atoms with van der Waals surface area (Å²) in [5.74, 6) is 0. The highest BCUT2D eigenvalue weighted by Crippen LogP contribution is 2.27. The zero-order valence-electron chi connectivity index (χ0n) is 12.4. The lowest BCUT2D eigenvalue weighted by atomic mass is 9.97. The molecule has 0 fully saturated rings. The quantitative estimate of drug-likeness (QED) is 0.705. The van der Waals surface area contributed by atoms with Crippen molar-refractivity contribution in [2.24, 2.45) is 0 Å². The zero-order valence-corrected chi connectivity index (χ0v) is 12.4. The lowest BCUT2D eigenvalue weighted by Gasteiger charge is -2.36. The van der Waals surface area contributed by atoms with Crippen LogP contribution in [0.4, 0.5) is 0 Å². The minimum atomic E-state index is -0.0908. The number of rotatable bonds is 5. The molecular weight excluding hydrogens is 200 g/mol. The minimum absolute atomic E-state index is 0.0591. The van der Waals surface area contributed by atoms with Gasteiger partial charge in [-0.15, -0.1) is 0 Å². The predicted octanol–water partition coefficient (Wildman–Crippen LogP) is 4.18. The molecule has 0 aromatic carbocycles. The summed E-state index contributed by atoms with van der Waals surface area (Å²) in [5, 5.41) is 0. The van der Waals surface area contributed by atoms with Crippen LogP contribution >= 0.6 is 0 Å². The third-order valence-corrected chi connectivity index (χ3v) is 2.47. The molecule has 98 valence electrons. The second-order valence-corrected chi connectivity index (χ2v) is 6.73. The monoisotopic (exact) mass is 230 g/mol. The summed E-state index contributed by atoms with van der Waals surface area (Å²) in [6.45, 7) is 17.7. The Morgan fingerprint density at radius 2 is 1.31 bits per heavy atom. The van der Waals surface area contributed by atoms with Crippen LogP contribution in [-0.4, -0.2) is 23.4 Å². The van der Waals surface area contributed by atoms with Crippen molar-refractivity contribution in [2.45, 2.75) is 85.0 Å². The van der Waals surface area contributed by atoms with Crippen molar-refractivity contribution in [2.75, 3.05) is 6.61 Å². The second-order valence-electron chi connectivity index (χ2n) is 6.73. The Balaban J connectivity index is 4.18. The fraction of sp³-hybridized carbons (Fsp3) is 1.00. The van der Waals surface area contributed by atoms with E-state index in [1.165, 1.54) is 0 Å². The van der Waals surface area contributed by atoms with E-state index in [1.54, 1.807) is 0 Å². The van der Waals surface area contributed by atoms with E-state index in [-0.39, 0.29) is 16.8 Å². The molecule has 0 N–H and O–H groups in total. The first-order valence-corrected chi connectivity index (χ1v) is 6.32. The van der Waals surface area contributed by atoms with Gasteiger partial charge in [-0.05, 0) is 61.3 Å². The molecule has 2 heteroatoms. The molecule has 0 aromatic heterocycles. The number of hydrogen-bond donors (Lipinski definition) is 0. The van der Waals surface area contributed by atoms with E-state index < -0.39 is 0 Å². The van der Waals surface area contributed by atoms with Crippen molar-refractivity contribution in [3.63, 3.8) is 0 Å². The average molecular weight is 230 g/mol. The SMILES string of the molecule is CCC(C)(CCOC(C)(C)C)OC(C)(C)C. The van der Waals surface area contributed by atoms with Crippen LogP contribution in [0, 0.1) is 0 Å². The lowest BCUT2D eigenvalue weighted by Crippen LogP contribution is -2.38. The van der Waals surface area contributed by atoms with Gasteiger partial charge < -0.3 is 9.47 Å². The van der Waals surface area contributed by atoms with Gasteiger partial charge in [0.05, 0.1) is 23.4 Å². The van der Waals surface area contributed by atoms with Gasteiger partial charge >= 0.3 is 0 Å². The molecule has 0 aliphatic rings. The van der Waals surface area contributed by atoms with Gasteiger partial charge in [0.25, 0.3) is 0 Å². The summed E-state index contributed by atoms with van der Waals surface area (Å²) in [6, 6.07) is 0. The van der Waals surface area contributed by atoms with Crippen molar-refractivity contribution in [3.05, 3.63) is 0 Å². The van der Waals surface area contributed by atoms with Crippen molar-refractivity contribution >= 4 is 0 Å². The number of ether oxygens (including phenoxy) is 2. The normalized spacial score (nSPS) is 17.2. The van der Waals surface area contributed by atoms with Gasteiger partial charge in [-0.25, -0.2) is 0 Å². The molecule has 0 aliphatic heterocycles. The Morgan fingerprint density at radius 1 is 0.812 bits per heavy atom. The van der Waals surface area contributed by atoms with E-state index in [2.05, 4.69) is 55.4 Å². The van der Waals surface area contributed by atoms with Gasteiger partial charge in [-0.1, -0.05) is 6.92 Å². The smallest absolute Gasteiger partial charge is 0.0681 e. The van der Waals surface area contributed by atoms with Crippen molar-refractivity contribution < 1.29 is 9.47 Å². The molecule has 0 heterocycles. The molecule has 0 bridgehead atoms. The van der Waals surface area contributed by atoms with Crippen LogP contribution in [0.5, 0.6) is 0 Å². The maximum absolute atomic E-state index is 6.11. The van der Waals surface area contributed by atoms with Crippen LogP contribution in [0.2, 0.25) is 0 Å². The second kappa shape index (κ2) is 5.50. The Bertz CT molecular complexity index is 198. The maximum atomic E-state index is 6.11. The summed E-state index contributed by atoms with van der Waals surface area (Å²) in [7, 11) is 0. The predicted molar refractivity (Wildman–Crippen MR) is 69.9 cm³/mol. The first kappa shape index (κ1) is 15.9. The van der Waals surface area contributed by atoms with Crippen LogP contribution in [0.15, 0.2) is 0 Å². The molecule has 0 saturated carbocycles. The number of hydrogen-bond acceptors (Lipinski definition) is 2. The van der Waals surface area contributed by atoms with Gasteiger partial charge in [-0.2, -0.15) is 0 Å². The van der Waals surface area contributed by atoms with E-state index in [4.69, 9.17) is 9.47 Å². The molecule has 0 amide bonds. The van der Waals surface area contributed by atoms with E-state index in [0.717, 1.165) is 19.4 Å². The van der Waals surface area contributed by atoms with Crippen molar-refractivity contribution in [1.82, 2.24) is 0 Å². The topological polar surface area (TPSA) is 18.5 Å². The van der Waals surface area contributed by atoms with Gasteiger partial charge in [-0.3, -0.25) is 0 Å². The molecule has 1 atom stereocenters. The lowest BCUT2D eigenvalue weighted by molar-refractivity contribution is -0.141. The molecule has 0 spiro atoms. The Morgan fingerprint density at radius 3 is 1.62 bits per heavy atom. The van der Waals surface area contributed by atoms with Gasteiger partial charge in [0.1, 0.15) is 0 Å². The largest absolute Gasteiger partial charge is 0.376 e. The fourth-order valence-electron chi connectivity index (χ4n) is 1.61. The van der Waals surface area contributed by atoms with Crippen LogP contribution < -0.4 is 0 Å². The Hall–Kier alpha value is -0.0800. The molecule has 1 unspecified atom stereocenters. The van der Waals surface area contributed by atoms with Crippen LogP contribution in [-0.2, 0) is 9.47 Å². The van der Waals surface area contributed by atoms with E-state index >= 15 is 0 Å². The fourth-order valence-corrected chi connectivity index (χ4v) is 1.61. The molecule has 16 heavy (non-hydrogen) atoms. The Labute approximate surface area is 102 Å². The molecule has 0 aliphatic carbocycles. The standard InChI is InChI=1S/C14H30O2/c1-9-14(8,16-13(5,6)7)10-11-15-12(2,3)4/h9-11H2,1-8H3. The highest BCUT2D eigenvalue weighted by Gasteiger charge is 2.29. The molecule has 2 nitrogen and oxygen atoms in total. The molecule has 0 radical (unpaired) electrons. The van der Waals surface area contributed by atoms with Crippen molar-refractivity contribution in [3.8, 4) is 0 Å². The van der Waals surface area contributed by atoms with E-state index in [0.29, 0.717) is 0 Å². The summed E-state index contributed by atoms with van der Waals surface area (Å²) in [6.07, 6.45) is 1.95. The van der Waals surface area contributed by atoms with Crippen LogP contribution in [0.3, 0.4) is 0 Å². The maximum Gasteiger partial charge on any atom is 0.0681 e.